The van der Waals surface area contributed by atoms with E-state index in [-0.39, 0.29) is 23.0 Å². The maximum Gasteiger partial charge on any atom is 0.305 e. The maximum absolute atomic E-state index is 13.5. The molecule has 9 amide bonds. The molecule has 1 heterocycles. The summed E-state index contributed by atoms with van der Waals surface area (Å²) in [6.07, 6.45) is -5.04. The molecule has 0 radical (unpaired) electrons. The maximum atomic E-state index is 13.5. The van der Waals surface area contributed by atoms with Crippen LogP contribution in [0.15, 0.2) is 24.3 Å². The standard InChI is InChI=1S/C39H55N9O16S2/c1-18-34(59)45-24(9-11-30(54)55)36(61)48-32(19(2)49)39(64)41-13-28(51)44-23(8-10-29(52)53)35(60)47-26(33(40)58)16-65-14-21-6-4-5-7-22(21)15-66-17-27(43-20(3)50)38(63)46-25(12-31(56)57)37(62)42-18/h4-7,18-19,23-27,32,49H,8-17H2,1-3H3,(H2,40,58)(H,41,64)(H,42,62)(H,43,50)(H,44,51)(H,45,59)(H,46,63)(H,47,60)(H,48,61)(H,52,53)(H,54,55)(H,56,57)/t18-,19-,23-,24-,25-,26-,27-,32-/m0/s1. The van der Waals surface area contributed by atoms with Crippen LogP contribution in [0.2, 0.25) is 0 Å². The molecular weight excluding hydrogens is 915 g/mol. The van der Waals surface area contributed by atoms with Gasteiger partial charge in [-0.1, -0.05) is 24.3 Å². The van der Waals surface area contributed by atoms with Gasteiger partial charge in [-0.25, -0.2) is 0 Å². The number of fused-ring (bicyclic) bond motifs is 1. The number of hydrogen-bond donors (Lipinski definition) is 13. The molecule has 2 rings (SSSR count). The summed E-state index contributed by atoms with van der Waals surface area (Å²) in [6, 6.07) is -4.09. The predicted octanol–water partition coefficient (Wildman–Crippen LogP) is -4.21. The van der Waals surface area contributed by atoms with Gasteiger partial charge in [-0.05, 0) is 37.8 Å². The molecule has 1 aromatic carbocycles. The van der Waals surface area contributed by atoms with Crippen LogP contribution in [0.3, 0.4) is 0 Å². The number of aliphatic hydroxyl groups excluding tert-OH is 1. The number of aliphatic carboxylic acids is 3. The van der Waals surface area contributed by atoms with E-state index in [0.29, 0.717) is 0 Å². The third-order valence-electron chi connectivity index (χ3n) is 9.38. The normalized spacial score (nSPS) is 24.4. The Bertz CT molecular complexity index is 1990. The smallest absolute Gasteiger partial charge is 0.305 e. The predicted molar refractivity (Wildman–Crippen MR) is 234 cm³/mol. The van der Waals surface area contributed by atoms with Crippen LogP contribution in [-0.2, 0) is 69.0 Å². The van der Waals surface area contributed by atoms with Crippen LogP contribution in [0.4, 0.5) is 0 Å². The third kappa shape index (κ3) is 20.1. The van der Waals surface area contributed by atoms with E-state index < -0.39 is 158 Å². The van der Waals surface area contributed by atoms with Crippen LogP contribution in [-0.4, -0.2) is 158 Å². The van der Waals surface area contributed by atoms with Crippen molar-refractivity contribution < 1.29 is 78.0 Å². The average molecular weight is 970 g/mol. The molecule has 66 heavy (non-hydrogen) atoms. The van der Waals surface area contributed by atoms with Gasteiger partial charge in [0.2, 0.25) is 53.2 Å². The molecule has 25 nitrogen and oxygen atoms in total. The number of hydrogen-bond acceptors (Lipinski definition) is 15. The number of rotatable bonds is 11. The molecule has 0 saturated carbocycles. The van der Waals surface area contributed by atoms with E-state index in [9.17, 15) is 78.0 Å². The van der Waals surface area contributed by atoms with E-state index in [4.69, 9.17) is 5.73 Å². The topological polar surface area (TPSA) is 408 Å². The van der Waals surface area contributed by atoms with Gasteiger partial charge in [0, 0.05) is 42.8 Å². The highest BCUT2D eigenvalue weighted by atomic mass is 32.2. The lowest BCUT2D eigenvalue weighted by Crippen LogP contribution is -2.60. The number of carbonyl (C=O) groups excluding carboxylic acids is 9. The number of amides is 9. The fraction of sp³-hybridized carbons (Fsp3) is 0.538. The van der Waals surface area contributed by atoms with E-state index in [1.807, 2.05) is 0 Å². The van der Waals surface area contributed by atoms with Gasteiger partial charge in [0.15, 0.2) is 0 Å². The van der Waals surface area contributed by atoms with E-state index in [2.05, 4.69) is 42.5 Å². The number of aliphatic hydroxyl groups is 1. The van der Waals surface area contributed by atoms with E-state index in [1.165, 1.54) is 23.5 Å². The second-order valence-electron chi connectivity index (χ2n) is 14.9. The Morgan fingerprint density at radius 1 is 0.697 bits per heavy atom. The van der Waals surface area contributed by atoms with Crippen LogP contribution < -0.4 is 48.3 Å². The van der Waals surface area contributed by atoms with Gasteiger partial charge in [-0.2, -0.15) is 23.5 Å². The summed E-state index contributed by atoms with van der Waals surface area (Å²) in [7, 11) is 0. The van der Waals surface area contributed by atoms with Crippen molar-refractivity contribution >= 4 is 94.6 Å². The molecule has 14 N–H and O–H groups in total. The highest BCUT2D eigenvalue weighted by Gasteiger charge is 2.34. The highest BCUT2D eigenvalue weighted by Crippen LogP contribution is 2.22. The van der Waals surface area contributed by atoms with Crippen molar-refractivity contribution in [1.82, 2.24) is 42.5 Å². The second-order valence-corrected chi connectivity index (χ2v) is 17.0. The molecule has 0 aliphatic carbocycles. The minimum atomic E-state index is -1.85. The number of nitrogens with two attached hydrogens (primary N) is 1. The van der Waals surface area contributed by atoms with E-state index in [0.717, 1.165) is 31.9 Å². The van der Waals surface area contributed by atoms with Gasteiger partial charge in [-0.15, -0.1) is 0 Å². The zero-order valence-electron chi connectivity index (χ0n) is 36.1. The summed E-state index contributed by atoms with van der Waals surface area (Å²) in [5, 5.41) is 56.7. The SMILES string of the molecule is CC(=O)N[C@H]1CSCc2ccccc2CSC[C@@H](C(N)=O)NC(=O)[C@H](CCC(=O)O)NC(=O)CNC(=O)[C@H]([C@H](C)O)NC(=O)[C@H](CCC(=O)O)NC(=O)[C@H](C)NC(=O)[C@H](CC(=O)O)NC1=O. The first-order valence-corrected chi connectivity index (χ1v) is 22.5. The second kappa shape index (κ2) is 27.8. The van der Waals surface area contributed by atoms with Gasteiger partial charge >= 0.3 is 17.9 Å². The van der Waals surface area contributed by atoms with Crippen molar-refractivity contribution in [1.29, 1.82) is 0 Å². The van der Waals surface area contributed by atoms with Crippen LogP contribution in [0.25, 0.3) is 0 Å². The van der Waals surface area contributed by atoms with Gasteiger partial charge in [-0.3, -0.25) is 57.5 Å². The zero-order valence-corrected chi connectivity index (χ0v) is 37.7. The Morgan fingerprint density at radius 3 is 1.73 bits per heavy atom. The van der Waals surface area contributed by atoms with Gasteiger partial charge < -0.3 is 68.7 Å². The van der Waals surface area contributed by atoms with Crippen LogP contribution in [0.5, 0.6) is 0 Å². The quantitative estimate of drug-likeness (QED) is 0.1000. The summed E-state index contributed by atoms with van der Waals surface area (Å²) in [4.78, 5) is 152. The fourth-order valence-electron chi connectivity index (χ4n) is 5.90. The molecule has 0 saturated heterocycles. The van der Waals surface area contributed by atoms with Crippen LogP contribution >= 0.6 is 23.5 Å². The van der Waals surface area contributed by atoms with Crippen molar-refractivity contribution in [2.24, 2.45) is 5.73 Å². The van der Waals surface area contributed by atoms with E-state index in [1.54, 1.807) is 24.3 Å². The van der Waals surface area contributed by atoms with Crippen LogP contribution in [0.1, 0.15) is 64.0 Å². The molecule has 1 aromatic rings. The molecule has 0 fully saturated rings. The Labute approximate surface area is 386 Å². The monoisotopic (exact) mass is 969 g/mol. The fourth-order valence-corrected chi connectivity index (χ4v) is 8.09. The average Bonchev–Trinajstić information content (AvgIpc) is 3.22. The van der Waals surface area contributed by atoms with Crippen molar-refractivity contribution in [3.05, 3.63) is 35.4 Å². The van der Waals surface area contributed by atoms with Crippen molar-refractivity contribution in [3.8, 4) is 0 Å². The van der Waals surface area contributed by atoms with Crippen molar-refractivity contribution in [2.75, 3.05) is 18.1 Å². The molecule has 1 aliphatic rings. The molecule has 0 aromatic heterocycles. The van der Waals surface area contributed by atoms with E-state index >= 15 is 0 Å². The number of carboxylic acid groups (broad SMARTS) is 3. The summed E-state index contributed by atoms with van der Waals surface area (Å²) >= 11 is 2.37. The van der Waals surface area contributed by atoms with Crippen molar-refractivity contribution in [3.63, 3.8) is 0 Å². The lowest BCUT2D eigenvalue weighted by molar-refractivity contribution is -0.141. The summed E-state index contributed by atoms with van der Waals surface area (Å²) in [6.45, 7) is 2.43. The molecular formula is C39H55N9O16S2. The number of benzene rings is 1. The lowest BCUT2D eigenvalue weighted by Gasteiger charge is -2.26. The Morgan fingerprint density at radius 2 is 1.21 bits per heavy atom. The molecule has 0 bridgehead atoms. The molecule has 8 atom stereocenters. The zero-order chi connectivity index (χ0) is 49.7. The van der Waals surface area contributed by atoms with Gasteiger partial charge in [0.25, 0.3) is 0 Å². The first-order chi connectivity index (χ1) is 31.0. The van der Waals surface area contributed by atoms with Crippen molar-refractivity contribution in [2.45, 2.75) is 113 Å². The number of thioether (sulfide) groups is 2. The largest absolute Gasteiger partial charge is 0.481 e. The first-order valence-electron chi connectivity index (χ1n) is 20.2. The molecule has 0 unspecified atom stereocenters. The number of carbonyl (C=O) groups is 12. The minimum absolute atomic E-state index is 0.0832. The first kappa shape index (κ1) is 55.7. The highest BCUT2D eigenvalue weighted by molar-refractivity contribution is 7.98. The number of primary amides is 1. The lowest BCUT2D eigenvalue weighted by atomic mass is 10.1. The molecule has 0 spiro atoms. The van der Waals surface area contributed by atoms with Crippen LogP contribution in [0, 0.1) is 0 Å². The Hall–Kier alpha value is -6.48. The Kier molecular flexibility index (Phi) is 23.4. The summed E-state index contributed by atoms with van der Waals surface area (Å²) in [5.41, 5.74) is 7.11. The molecule has 1 aliphatic heterocycles. The number of nitrogens with one attached hydrogen (secondary N) is 8. The minimum Gasteiger partial charge on any atom is -0.481 e. The number of carboxylic acids is 3. The van der Waals surface area contributed by atoms with Gasteiger partial charge in [0.1, 0.15) is 42.3 Å². The molecule has 364 valence electrons. The Balaban J connectivity index is 2.55. The summed E-state index contributed by atoms with van der Waals surface area (Å²) in [5.74, 6) is -13.1. The third-order valence-corrected chi connectivity index (χ3v) is 11.6. The van der Waals surface area contributed by atoms with Gasteiger partial charge in [0.05, 0.1) is 19.1 Å². The molecule has 27 heteroatoms. The summed E-state index contributed by atoms with van der Waals surface area (Å²) < 4.78 is 0.